The average Bonchev–Trinajstić information content (AvgIpc) is 2.43. The second-order valence-corrected chi connectivity index (χ2v) is 4.14. The minimum Gasteiger partial charge on any atom is -0.424 e. The molecule has 0 bridgehead atoms. The summed E-state index contributed by atoms with van der Waals surface area (Å²) in [4.78, 5) is 3.95. The number of nitrogens with zero attached hydrogens (tertiary/aromatic N) is 3. The van der Waals surface area contributed by atoms with Gasteiger partial charge in [-0.1, -0.05) is 11.6 Å². The molecule has 1 aromatic carbocycles. The molecule has 1 heterocycles. The molecule has 7 heteroatoms. The number of ether oxygens (including phenoxy) is 1. The van der Waals surface area contributed by atoms with Gasteiger partial charge < -0.3 is 4.74 Å². The van der Waals surface area contributed by atoms with Crippen LogP contribution in [0.3, 0.4) is 0 Å². The largest absolute Gasteiger partial charge is 0.424 e. The predicted octanol–water partition coefficient (Wildman–Crippen LogP) is 3.16. The van der Waals surface area contributed by atoms with Crippen LogP contribution in [-0.4, -0.2) is 14.8 Å². The zero-order valence-corrected chi connectivity index (χ0v) is 10.5. The second-order valence-electron chi connectivity index (χ2n) is 2.99. The fraction of sp³-hybridized carbons (Fsp3) is 0.111. The van der Waals surface area contributed by atoms with Crippen molar-refractivity contribution in [3.8, 4) is 11.8 Å². The third-order valence-corrected chi connectivity index (χ3v) is 2.30. The summed E-state index contributed by atoms with van der Waals surface area (Å²) >= 11 is 8.79. The lowest BCUT2D eigenvalue weighted by molar-refractivity contribution is 0.412. The maximum atomic E-state index is 13.0. The number of hydrogen-bond acceptors (Lipinski definition) is 3. The molecule has 0 spiro atoms. The van der Waals surface area contributed by atoms with Gasteiger partial charge in [-0.05, 0) is 28.1 Å². The van der Waals surface area contributed by atoms with Gasteiger partial charge in [0.2, 0.25) is 4.73 Å². The molecule has 0 N–H and O–H groups in total. The smallest absolute Gasteiger partial charge is 0.321 e. The van der Waals surface area contributed by atoms with E-state index in [0.717, 1.165) is 0 Å². The van der Waals surface area contributed by atoms with Crippen molar-refractivity contribution in [3.63, 3.8) is 0 Å². The maximum absolute atomic E-state index is 13.0. The molecule has 0 unspecified atom stereocenters. The van der Waals surface area contributed by atoms with Crippen molar-refractivity contribution in [2.45, 2.75) is 0 Å². The van der Waals surface area contributed by atoms with Gasteiger partial charge >= 0.3 is 6.01 Å². The molecule has 0 saturated carbocycles. The van der Waals surface area contributed by atoms with Crippen molar-refractivity contribution >= 4 is 27.5 Å². The molecule has 2 rings (SSSR count). The minimum atomic E-state index is -0.469. The van der Waals surface area contributed by atoms with Crippen molar-refractivity contribution < 1.29 is 9.13 Å². The lowest BCUT2D eigenvalue weighted by Gasteiger charge is -2.04. The molecule has 0 amide bonds. The van der Waals surface area contributed by atoms with Crippen LogP contribution in [0.5, 0.6) is 11.8 Å². The van der Waals surface area contributed by atoms with E-state index in [1.165, 1.54) is 22.9 Å². The van der Waals surface area contributed by atoms with Crippen LogP contribution in [0.1, 0.15) is 0 Å². The van der Waals surface area contributed by atoms with E-state index in [9.17, 15) is 4.39 Å². The van der Waals surface area contributed by atoms with E-state index < -0.39 is 5.82 Å². The van der Waals surface area contributed by atoms with E-state index in [-0.39, 0.29) is 16.8 Å². The average molecular weight is 307 g/mol. The highest BCUT2D eigenvalue weighted by Crippen LogP contribution is 2.24. The summed E-state index contributed by atoms with van der Waals surface area (Å²) in [5.41, 5.74) is 0. The fourth-order valence-electron chi connectivity index (χ4n) is 1.12. The SMILES string of the molecule is Cn1nc(Br)nc1Oc1cc(F)cc(Cl)c1. The third kappa shape index (κ3) is 2.51. The highest BCUT2D eigenvalue weighted by Gasteiger charge is 2.08. The van der Waals surface area contributed by atoms with Gasteiger partial charge in [0.05, 0.1) is 0 Å². The van der Waals surface area contributed by atoms with Gasteiger partial charge in [0.25, 0.3) is 0 Å². The summed E-state index contributed by atoms with van der Waals surface area (Å²) in [6.45, 7) is 0. The minimum absolute atomic E-state index is 0.244. The Morgan fingerprint density at radius 1 is 1.44 bits per heavy atom. The van der Waals surface area contributed by atoms with Gasteiger partial charge in [-0.3, -0.25) is 0 Å². The Hall–Kier alpha value is -1.14. The Balaban J connectivity index is 2.30. The van der Waals surface area contributed by atoms with Crippen LogP contribution in [0, 0.1) is 5.82 Å². The number of aryl methyl sites for hydroxylation is 1. The molecule has 84 valence electrons. The van der Waals surface area contributed by atoms with Crippen LogP contribution in [0.2, 0.25) is 5.02 Å². The number of hydrogen-bond donors (Lipinski definition) is 0. The van der Waals surface area contributed by atoms with E-state index >= 15 is 0 Å². The van der Waals surface area contributed by atoms with Crippen LogP contribution in [0.4, 0.5) is 4.39 Å². The molecule has 0 aliphatic carbocycles. The Morgan fingerprint density at radius 2 is 2.19 bits per heavy atom. The molecule has 0 aliphatic rings. The van der Waals surface area contributed by atoms with Crippen LogP contribution in [0.15, 0.2) is 22.9 Å². The second kappa shape index (κ2) is 4.39. The van der Waals surface area contributed by atoms with Gasteiger partial charge in [0, 0.05) is 18.1 Å². The van der Waals surface area contributed by atoms with E-state index in [0.29, 0.717) is 4.73 Å². The Labute approximate surface area is 104 Å². The van der Waals surface area contributed by atoms with Crippen molar-refractivity contribution in [2.75, 3.05) is 0 Å². The van der Waals surface area contributed by atoms with Crippen LogP contribution in [-0.2, 0) is 7.05 Å². The fourth-order valence-corrected chi connectivity index (χ4v) is 1.72. The van der Waals surface area contributed by atoms with Crippen LogP contribution in [0.25, 0.3) is 0 Å². The summed E-state index contributed by atoms with van der Waals surface area (Å²) in [7, 11) is 1.66. The molecule has 0 saturated heterocycles. The summed E-state index contributed by atoms with van der Waals surface area (Å²) in [6.07, 6.45) is 0. The first kappa shape index (κ1) is 11.3. The number of rotatable bonds is 2. The summed E-state index contributed by atoms with van der Waals surface area (Å²) in [5.74, 6) is -0.197. The Bertz CT molecular complexity index is 511. The highest BCUT2D eigenvalue weighted by molar-refractivity contribution is 9.10. The van der Waals surface area contributed by atoms with Crippen molar-refractivity contribution in [1.29, 1.82) is 0 Å². The van der Waals surface area contributed by atoms with Crippen LogP contribution < -0.4 is 4.74 Å². The van der Waals surface area contributed by atoms with E-state index in [2.05, 4.69) is 26.0 Å². The molecule has 0 fully saturated rings. The molecule has 16 heavy (non-hydrogen) atoms. The Morgan fingerprint density at radius 3 is 2.75 bits per heavy atom. The quantitative estimate of drug-likeness (QED) is 0.855. The van der Waals surface area contributed by atoms with Crippen molar-refractivity contribution in [3.05, 3.63) is 33.8 Å². The number of aromatic nitrogens is 3. The normalized spacial score (nSPS) is 10.5. The molecule has 4 nitrogen and oxygen atoms in total. The van der Waals surface area contributed by atoms with Gasteiger partial charge in [-0.2, -0.15) is 4.98 Å². The third-order valence-electron chi connectivity index (χ3n) is 1.74. The zero-order valence-electron chi connectivity index (χ0n) is 8.12. The molecule has 1 aromatic heterocycles. The summed E-state index contributed by atoms with van der Waals surface area (Å²) in [5, 5.41) is 4.18. The molecular formula is C9H6BrClFN3O. The predicted molar refractivity (Wildman–Crippen MR) is 60.2 cm³/mol. The van der Waals surface area contributed by atoms with Gasteiger partial charge in [-0.25, -0.2) is 9.07 Å². The Kier molecular flexibility index (Phi) is 3.11. The maximum Gasteiger partial charge on any atom is 0.321 e. The van der Waals surface area contributed by atoms with Crippen molar-refractivity contribution in [2.24, 2.45) is 7.05 Å². The van der Waals surface area contributed by atoms with E-state index in [1.807, 2.05) is 0 Å². The number of benzene rings is 1. The van der Waals surface area contributed by atoms with E-state index in [1.54, 1.807) is 7.05 Å². The lowest BCUT2D eigenvalue weighted by Crippen LogP contribution is -1.96. The van der Waals surface area contributed by atoms with Crippen LogP contribution >= 0.6 is 27.5 Å². The molecule has 0 atom stereocenters. The standard InChI is InChI=1S/C9H6BrClFN3O/c1-15-9(13-8(10)14-15)16-7-3-5(11)2-6(12)4-7/h2-4H,1H3. The number of halogens is 3. The summed E-state index contributed by atoms with van der Waals surface area (Å²) in [6, 6.07) is 4.15. The first-order valence-corrected chi connectivity index (χ1v) is 5.42. The highest BCUT2D eigenvalue weighted by atomic mass is 79.9. The molecule has 0 radical (unpaired) electrons. The monoisotopic (exact) mass is 305 g/mol. The molecule has 0 aliphatic heterocycles. The van der Waals surface area contributed by atoms with Gasteiger partial charge in [0.15, 0.2) is 0 Å². The summed E-state index contributed by atoms with van der Waals surface area (Å²) < 4.78 is 20.2. The molecular weight excluding hydrogens is 300 g/mol. The lowest BCUT2D eigenvalue weighted by atomic mass is 10.3. The first-order valence-electron chi connectivity index (χ1n) is 4.25. The van der Waals surface area contributed by atoms with E-state index in [4.69, 9.17) is 16.3 Å². The van der Waals surface area contributed by atoms with Gasteiger partial charge in [0.1, 0.15) is 11.6 Å². The first-order chi connectivity index (χ1) is 7.54. The zero-order chi connectivity index (χ0) is 11.7. The molecule has 2 aromatic rings. The van der Waals surface area contributed by atoms with Gasteiger partial charge in [-0.15, -0.1) is 5.10 Å². The van der Waals surface area contributed by atoms with Crippen molar-refractivity contribution in [1.82, 2.24) is 14.8 Å². The topological polar surface area (TPSA) is 39.9 Å².